The van der Waals surface area contributed by atoms with Crippen molar-refractivity contribution in [3.05, 3.63) is 76.7 Å². The summed E-state index contributed by atoms with van der Waals surface area (Å²) in [6.45, 7) is 0.348. The molecule has 0 bridgehead atoms. The first kappa shape index (κ1) is 17.4. The Morgan fingerprint density at radius 3 is 2.78 bits per heavy atom. The van der Waals surface area contributed by atoms with Gasteiger partial charge in [-0.3, -0.25) is 4.79 Å². The van der Waals surface area contributed by atoms with E-state index in [1.165, 1.54) is 0 Å². The first-order valence-corrected chi connectivity index (χ1v) is 9.17. The highest BCUT2D eigenvalue weighted by molar-refractivity contribution is 9.10. The second kappa shape index (κ2) is 7.28. The molecule has 0 saturated heterocycles. The quantitative estimate of drug-likeness (QED) is 0.507. The normalized spacial score (nSPS) is 10.9. The molecule has 2 aromatic carbocycles. The molecule has 6 nitrogen and oxygen atoms in total. The number of nitrogens with zero attached hydrogens (tertiary/aromatic N) is 2. The van der Waals surface area contributed by atoms with Crippen molar-refractivity contribution in [1.82, 2.24) is 20.1 Å². The van der Waals surface area contributed by atoms with Crippen molar-refractivity contribution in [2.24, 2.45) is 0 Å². The molecule has 1 amide bonds. The maximum atomic E-state index is 12.4. The molecule has 2 heterocycles. The van der Waals surface area contributed by atoms with Crippen molar-refractivity contribution in [2.75, 3.05) is 7.11 Å². The first-order chi connectivity index (χ1) is 13.1. The molecule has 0 aliphatic rings. The van der Waals surface area contributed by atoms with Gasteiger partial charge < -0.3 is 15.0 Å². The second-order valence-electron chi connectivity index (χ2n) is 6.05. The molecule has 0 spiro atoms. The van der Waals surface area contributed by atoms with Crippen LogP contribution in [0.1, 0.15) is 16.2 Å². The highest BCUT2D eigenvalue weighted by Gasteiger charge is 2.10. The summed E-state index contributed by atoms with van der Waals surface area (Å²) in [5.74, 6) is 0.630. The molecular weight excluding hydrogens is 408 g/mol. The van der Waals surface area contributed by atoms with Crippen molar-refractivity contribution in [2.45, 2.75) is 6.54 Å². The zero-order valence-electron chi connectivity index (χ0n) is 14.6. The zero-order chi connectivity index (χ0) is 18.8. The Kier molecular flexibility index (Phi) is 4.68. The number of fused-ring (bicyclic) bond motifs is 1. The van der Waals surface area contributed by atoms with Crippen LogP contribution in [0.4, 0.5) is 0 Å². The summed E-state index contributed by atoms with van der Waals surface area (Å²) in [7, 11) is 1.63. The lowest BCUT2D eigenvalue weighted by Gasteiger charge is -2.04. The van der Waals surface area contributed by atoms with E-state index in [1.807, 2.05) is 60.8 Å². The molecular formula is C20H17BrN4O2. The number of amides is 1. The Morgan fingerprint density at radius 2 is 2.00 bits per heavy atom. The van der Waals surface area contributed by atoms with E-state index in [9.17, 15) is 4.79 Å². The number of benzene rings is 2. The number of methoxy groups -OCH3 is 1. The molecule has 136 valence electrons. The molecule has 2 N–H and O–H groups in total. The van der Waals surface area contributed by atoms with Gasteiger partial charge in [-0.1, -0.05) is 22.0 Å². The van der Waals surface area contributed by atoms with E-state index in [1.54, 1.807) is 11.8 Å². The third kappa shape index (κ3) is 3.73. The lowest BCUT2D eigenvalue weighted by molar-refractivity contribution is 0.0946. The average Bonchev–Trinajstić information content (AvgIpc) is 3.33. The smallest absolute Gasteiger partial charge is 0.268 e. The van der Waals surface area contributed by atoms with Gasteiger partial charge in [0.05, 0.1) is 25.0 Å². The number of rotatable bonds is 5. The summed E-state index contributed by atoms with van der Waals surface area (Å²) in [6, 6.07) is 17.2. The first-order valence-electron chi connectivity index (χ1n) is 8.38. The van der Waals surface area contributed by atoms with Gasteiger partial charge in [-0.05, 0) is 48.5 Å². The summed E-state index contributed by atoms with van der Waals surface area (Å²) < 4.78 is 7.89. The number of hydrogen-bond acceptors (Lipinski definition) is 3. The monoisotopic (exact) mass is 424 g/mol. The van der Waals surface area contributed by atoms with E-state index in [0.717, 1.165) is 32.5 Å². The molecule has 0 unspecified atom stereocenters. The topological polar surface area (TPSA) is 71.9 Å². The van der Waals surface area contributed by atoms with Crippen LogP contribution in [0.5, 0.6) is 5.75 Å². The van der Waals surface area contributed by atoms with Gasteiger partial charge in [0.1, 0.15) is 11.4 Å². The number of carbonyl (C=O) groups excluding carboxylic acids is 1. The zero-order valence-corrected chi connectivity index (χ0v) is 16.2. The molecule has 7 heteroatoms. The van der Waals surface area contributed by atoms with Gasteiger partial charge in [0.2, 0.25) is 0 Å². The van der Waals surface area contributed by atoms with Gasteiger partial charge >= 0.3 is 0 Å². The minimum atomic E-state index is -0.165. The number of aromatic amines is 1. The molecule has 27 heavy (non-hydrogen) atoms. The number of hydrogen-bond donors (Lipinski definition) is 2. The maximum absolute atomic E-state index is 12.4. The minimum absolute atomic E-state index is 0.165. The van der Waals surface area contributed by atoms with E-state index in [0.29, 0.717) is 12.2 Å². The fraction of sp³-hybridized carbons (Fsp3) is 0.100. The lowest BCUT2D eigenvalue weighted by atomic mass is 10.2. The highest BCUT2D eigenvalue weighted by atomic mass is 79.9. The largest absolute Gasteiger partial charge is 0.497 e. The Morgan fingerprint density at radius 1 is 1.19 bits per heavy atom. The molecule has 0 radical (unpaired) electrons. The van der Waals surface area contributed by atoms with E-state index < -0.39 is 0 Å². The maximum Gasteiger partial charge on any atom is 0.268 e. The van der Waals surface area contributed by atoms with Crippen LogP contribution in [0, 0.1) is 0 Å². The Hall–Kier alpha value is -3.06. The minimum Gasteiger partial charge on any atom is -0.497 e. The SMILES string of the molecule is COc1ccc(-n2ccc(CNC(=O)c3cc4ccc(Br)cc4[nH]3)n2)cc1. The number of nitrogens with one attached hydrogen (secondary N) is 2. The molecule has 4 aromatic rings. The molecule has 0 saturated carbocycles. The molecule has 0 fully saturated rings. The van der Waals surface area contributed by atoms with Crippen molar-refractivity contribution in [3.63, 3.8) is 0 Å². The van der Waals surface area contributed by atoms with Crippen molar-refractivity contribution in [3.8, 4) is 11.4 Å². The van der Waals surface area contributed by atoms with Gasteiger partial charge in [0.25, 0.3) is 5.91 Å². The summed E-state index contributed by atoms with van der Waals surface area (Å²) >= 11 is 3.43. The second-order valence-corrected chi connectivity index (χ2v) is 6.96. The summed E-state index contributed by atoms with van der Waals surface area (Å²) in [6.07, 6.45) is 1.86. The fourth-order valence-corrected chi connectivity index (χ4v) is 3.18. The van der Waals surface area contributed by atoms with Gasteiger partial charge in [-0.15, -0.1) is 0 Å². The van der Waals surface area contributed by atoms with Crippen LogP contribution in [-0.4, -0.2) is 27.8 Å². The number of halogens is 1. The number of H-pyrrole nitrogens is 1. The summed E-state index contributed by atoms with van der Waals surface area (Å²) in [5.41, 5.74) is 3.14. The molecule has 2 aromatic heterocycles. The van der Waals surface area contributed by atoms with E-state index in [4.69, 9.17) is 4.74 Å². The number of ether oxygens (including phenoxy) is 1. The highest BCUT2D eigenvalue weighted by Crippen LogP contribution is 2.20. The Bertz CT molecular complexity index is 1100. The van der Waals surface area contributed by atoms with Gasteiger partial charge in [0, 0.05) is 21.6 Å². The van der Waals surface area contributed by atoms with Crippen LogP contribution in [0.15, 0.2) is 65.3 Å². The average molecular weight is 425 g/mol. The fourth-order valence-electron chi connectivity index (χ4n) is 2.82. The van der Waals surface area contributed by atoms with Crippen LogP contribution in [-0.2, 0) is 6.54 Å². The Labute approximate surface area is 164 Å². The van der Waals surface area contributed by atoms with Crippen LogP contribution in [0.2, 0.25) is 0 Å². The molecule has 4 rings (SSSR count). The van der Waals surface area contributed by atoms with Crippen molar-refractivity contribution < 1.29 is 9.53 Å². The lowest BCUT2D eigenvalue weighted by Crippen LogP contribution is -2.23. The number of carbonyl (C=O) groups is 1. The van der Waals surface area contributed by atoms with Crippen LogP contribution >= 0.6 is 15.9 Å². The van der Waals surface area contributed by atoms with E-state index >= 15 is 0 Å². The molecule has 0 aliphatic heterocycles. The number of aromatic nitrogens is 3. The van der Waals surface area contributed by atoms with Gasteiger partial charge in [-0.25, -0.2) is 4.68 Å². The molecule has 0 aliphatic carbocycles. The van der Waals surface area contributed by atoms with Crippen LogP contribution < -0.4 is 10.1 Å². The standard InChI is InChI=1S/C20H17BrN4O2/c1-27-17-6-4-16(5-7-17)25-9-8-15(24-25)12-22-20(26)19-10-13-2-3-14(21)11-18(13)23-19/h2-11,23H,12H2,1H3,(H,22,26). The van der Waals surface area contributed by atoms with E-state index in [2.05, 4.69) is 31.3 Å². The van der Waals surface area contributed by atoms with Crippen LogP contribution in [0.3, 0.4) is 0 Å². The summed E-state index contributed by atoms with van der Waals surface area (Å²) in [5, 5.41) is 8.39. The van der Waals surface area contributed by atoms with Crippen molar-refractivity contribution in [1.29, 1.82) is 0 Å². The van der Waals surface area contributed by atoms with Gasteiger partial charge in [-0.2, -0.15) is 5.10 Å². The van der Waals surface area contributed by atoms with Crippen molar-refractivity contribution >= 4 is 32.7 Å². The predicted molar refractivity (Wildman–Crippen MR) is 107 cm³/mol. The third-order valence-electron chi connectivity index (χ3n) is 4.24. The summed E-state index contributed by atoms with van der Waals surface area (Å²) in [4.78, 5) is 15.6. The van der Waals surface area contributed by atoms with E-state index in [-0.39, 0.29) is 5.91 Å². The molecule has 0 atom stereocenters. The Balaban J connectivity index is 1.43. The van der Waals surface area contributed by atoms with Gasteiger partial charge in [0.15, 0.2) is 0 Å². The third-order valence-corrected chi connectivity index (χ3v) is 4.73. The van der Waals surface area contributed by atoms with Crippen LogP contribution in [0.25, 0.3) is 16.6 Å². The predicted octanol–water partition coefficient (Wildman–Crippen LogP) is 4.05.